The van der Waals surface area contributed by atoms with Crippen molar-refractivity contribution in [1.82, 2.24) is 15.2 Å². The summed E-state index contributed by atoms with van der Waals surface area (Å²) < 4.78 is 0.900. The molecule has 0 unspecified atom stereocenters. The lowest BCUT2D eigenvalue weighted by Gasteiger charge is -1.88. The minimum atomic E-state index is 0.395. The molecule has 2 heterocycles. The van der Waals surface area contributed by atoms with E-state index in [0.29, 0.717) is 5.15 Å². The summed E-state index contributed by atoms with van der Waals surface area (Å²) in [4.78, 5) is 2.99. The van der Waals surface area contributed by atoms with E-state index >= 15 is 0 Å². The number of fused-ring (bicyclic) bond motifs is 1. The van der Waals surface area contributed by atoms with Gasteiger partial charge < -0.3 is 4.98 Å². The van der Waals surface area contributed by atoms with Crippen LogP contribution in [0.1, 0.15) is 0 Å². The molecule has 0 radical (unpaired) electrons. The lowest BCUT2D eigenvalue weighted by Crippen LogP contribution is -1.81. The summed E-state index contributed by atoms with van der Waals surface area (Å²) in [5, 5.41) is 7.98. The average Bonchev–Trinajstić information content (AvgIpc) is 2.32. The highest BCUT2D eigenvalue weighted by Gasteiger charge is 2.02. The van der Waals surface area contributed by atoms with E-state index in [0.717, 1.165) is 15.5 Å². The average molecular weight is 232 g/mol. The Labute approximate surface area is 75.9 Å². The molecule has 0 fully saturated rings. The third-order valence-corrected chi connectivity index (χ3v) is 2.13. The van der Waals surface area contributed by atoms with Crippen LogP contribution in [0.3, 0.4) is 0 Å². The Morgan fingerprint density at radius 3 is 3.09 bits per heavy atom. The summed E-state index contributed by atoms with van der Waals surface area (Å²) >= 11 is 8.93. The molecule has 0 amide bonds. The van der Waals surface area contributed by atoms with Crippen LogP contribution >= 0.6 is 27.5 Å². The first-order valence-electron chi connectivity index (χ1n) is 2.93. The molecule has 0 aliphatic rings. The van der Waals surface area contributed by atoms with E-state index in [1.807, 2.05) is 0 Å². The first-order chi connectivity index (χ1) is 5.27. The molecule has 2 rings (SSSR count). The van der Waals surface area contributed by atoms with E-state index in [2.05, 4.69) is 31.1 Å². The van der Waals surface area contributed by atoms with E-state index in [4.69, 9.17) is 11.6 Å². The van der Waals surface area contributed by atoms with Crippen LogP contribution < -0.4 is 0 Å². The zero-order chi connectivity index (χ0) is 7.84. The highest BCUT2D eigenvalue weighted by molar-refractivity contribution is 9.10. The molecular formula is C6H3BrClN3. The van der Waals surface area contributed by atoms with Gasteiger partial charge >= 0.3 is 0 Å². The number of nitrogens with zero attached hydrogens (tertiary/aromatic N) is 2. The smallest absolute Gasteiger partial charge is 0.153 e. The largest absolute Gasteiger partial charge is 0.359 e. The normalized spacial score (nSPS) is 10.7. The van der Waals surface area contributed by atoms with Gasteiger partial charge in [-0.1, -0.05) is 11.6 Å². The van der Waals surface area contributed by atoms with Crippen LogP contribution in [-0.2, 0) is 0 Å². The number of aromatic amines is 1. The first-order valence-corrected chi connectivity index (χ1v) is 4.10. The molecule has 2 aromatic rings. The Hall–Kier alpha value is -0.610. The minimum Gasteiger partial charge on any atom is -0.359 e. The summed E-state index contributed by atoms with van der Waals surface area (Å²) in [6, 6.07) is 1.73. The second-order valence-corrected chi connectivity index (χ2v) is 3.31. The number of halogens is 2. The minimum absolute atomic E-state index is 0.395. The van der Waals surface area contributed by atoms with Crippen LogP contribution in [0, 0.1) is 0 Å². The van der Waals surface area contributed by atoms with Crippen LogP contribution in [0.4, 0.5) is 0 Å². The van der Waals surface area contributed by atoms with Crippen molar-refractivity contribution in [1.29, 1.82) is 0 Å². The molecule has 56 valence electrons. The number of rotatable bonds is 0. The van der Waals surface area contributed by atoms with Gasteiger partial charge in [0.05, 0.1) is 9.99 Å². The van der Waals surface area contributed by atoms with Gasteiger partial charge in [0.15, 0.2) is 5.15 Å². The molecule has 2 aromatic heterocycles. The summed E-state index contributed by atoms with van der Waals surface area (Å²) in [5.74, 6) is 0. The Kier molecular flexibility index (Phi) is 1.58. The van der Waals surface area contributed by atoms with Gasteiger partial charge in [-0.15, -0.1) is 10.2 Å². The third kappa shape index (κ3) is 1.12. The SMILES string of the molecule is Clc1cc2[nH]cc(Br)c2nn1. The van der Waals surface area contributed by atoms with E-state index in [9.17, 15) is 0 Å². The van der Waals surface area contributed by atoms with E-state index in [-0.39, 0.29) is 0 Å². The number of H-pyrrole nitrogens is 1. The van der Waals surface area contributed by atoms with Gasteiger partial charge in [0.2, 0.25) is 0 Å². The van der Waals surface area contributed by atoms with Crippen molar-refractivity contribution in [3.05, 3.63) is 21.9 Å². The van der Waals surface area contributed by atoms with Gasteiger partial charge in [-0.3, -0.25) is 0 Å². The molecule has 5 heteroatoms. The maximum atomic E-state index is 5.62. The number of nitrogens with one attached hydrogen (secondary N) is 1. The second kappa shape index (κ2) is 2.46. The van der Waals surface area contributed by atoms with E-state index in [1.54, 1.807) is 12.3 Å². The van der Waals surface area contributed by atoms with Crippen molar-refractivity contribution >= 4 is 38.6 Å². The third-order valence-electron chi connectivity index (χ3n) is 1.34. The first kappa shape index (κ1) is 7.06. The van der Waals surface area contributed by atoms with Gasteiger partial charge in [-0.2, -0.15) is 0 Å². The quantitative estimate of drug-likeness (QED) is 0.758. The summed E-state index contributed by atoms with van der Waals surface area (Å²) in [5.41, 5.74) is 1.69. The lowest BCUT2D eigenvalue weighted by molar-refractivity contribution is 1.08. The Morgan fingerprint density at radius 2 is 2.27 bits per heavy atom. The molecule has 11 heavy (non-hydrogen) atoms. The number of hydrogen-bond acceptors (Lipinski definition) is 2. The Morgan fingerprint density at radius 1 is 1.45 bits per heavy atom. The molecule has 0 saturated heterocycles. The standard InChI is InChI=1S/C6H3BrClN3/c7-3-2-9-4-1-5(8)10-11-6(3)4/h1-2,9H. The molecule has 0 aliphatic heterocycles. The van der Waals surface area contributed by atoms with Crippen LogP contribution in [0.25, 0.3) is 11.0 Å². The zero-order valence-electron chi connectivity index (χ0n) is 5.31. The van der Waals surface area contributed by atoms with Gasteiger partial charge in [-0.05, 0) is 15.9 Å². The van der Waals surface area contributed by atoms with Gasteiger partial charge in [0.25, 0.3) is 0 Å². The summed E-state index contributed by atoms with van der Waals surface area (Å²) in [7, 11) is 0. The molecule has 3 nitrogen and oxygen atoms in total. The van der Waals surface area contributed by atoms with Gasteiger partial charge in [-0.25, -0.2) is 0 Å². The number of hydrogen-bond donors (Lipinski definition) is 1. The fourth-order valence-corrected chi connectivity index (χ4v) is 1.42. The maximum Gasteiger partial charge on any atom is 0.153 e. The van der Waals surface area contributed by atoms with Crippen molar-refractivity contribution in [2.24, 2.45) is 0 Å². The molecule has 0 aliphatic carbocycles. The lowest BCUT2D eigenvalue weighted by atomic mass is 10.4. The maximum absolute atomic E-state index is 5.62. The van der Waals surface area contributed by atoms with Crippen molar-refractivity contribution in [3.8, 4) is 0 Å². The molecule has 0 bridgehead atoms. The van der Waals surface area contributed by atoms with Crippen LogP contribution in [0.5, 0.6) is 0 Å². The fourth-order valence-electron chi connectivity index (χ4n) is 0.864. The predicted octanol–water partition coefficient (Wildman–Crippen LogP) is 2.37. The van der Waals surface area contributed by atoms with Crippen LogP contribution in [-0.4, -0.2) is 15.2 Å². The topological polar surface area (TPSA) is 41.6 Å². The highest BCUT2D eigenvalue weighted by Crippen LogP contribution is 2.21. The van der Waals surface area contributed by atoms with Crippen molar-refractivity contribution in [3.63, 3.8) is 0 Å². The second-order valence-electron chi connectivity index (χ2n) is 2.07. The molecule has 0 saturated carbocycles. The summed E-state index contributed by atoms with van der Waals surface area (Å²) in [6.07, 6.45) is 1.80. The zero-order valence-corrected chi connectivity index (χ0v) is 7.65. The molecule has 0 spiro atoms. The Bertz CT molecular complexity index is 398. The van der Waals surface area contributed by atoms with Crippen molar-refractivity contribution in [2.75, 3.05) is 0 Å². The van der Waals surface area contributed by atoms with Crippen molar-refractivity contribution < 1.29 is 0 Å². The molecule has 0 aromatic carbocycles. The monoisotopic (exact) mass is 231 g/mol. The fraction of sp³-hybridized carbons (Fsp3) is 0. The molecule has 1 N–H and O–H groups in total. The van der Waals surface area contributed by atoms with Gasteiger partial charge in [0.1, 0.15) is 5.52 Å². The van der Waals surface area contributed by atoms with Crippen LogP contribution in [0.15, 0.2) is 16.7 Å². The van der Waals surface area contributed by atoms with Crippen LogP contribution in [0.2, 0.25) is 5.15 Å². The van der Waals surface area contributed by atoms with Crippen molar-refractivity contribution in [2.45, 2.75) is 0 Å². The highest BCUT2D eigenvalue weighted by atomic mass is 79.9. The molecule has 0 atom stereocenters. The predicted molar refractivity (Wildman–Crippen MR) is 46.6 cm³/mol. The number of aromatic nitrogens is 3. The van der Waals surface area contributed by atoms with Gasteiger partial charge in [0, 0.05) is 12.3 Å². The summed E-state index contributed by atoms with van der Waals surface area (Å²) in [6.45, 7) is 0. The Balaban J connectivity index is 2.86. The molecular weight excluding hydrogens is 229 g/mol. The van der Waals surface area contributed by atoms with E-state index < -0.39 is 0 Å². The van der Waals surface area contributed by atoms with E-state index in [1.165, 1.54) is 0 Å².